The predicted molar refractivity (Wildman–Crippen MR) is 127 cm³/mol. The summed E-state index contributed by atoms with van der Waals surface area (Å²) in [4.78, 5) is 31.7. The van der Waals surface area contributed by atoms with Crippen LogP contribution in [0.3, 0.4) is 0 Å². The molecule has 0 N–H and O–H groups in total. The van der Waals surface area contributed by atoms with Gasteiger partial charge in [-0.15, -0.1) is 11.3 Å². The number of esters is 1. The molecule has 164 valence electrons. The molecule has 0 aliphatic carbocycles. The molecular formula is C22H23BrN2O4S2. The maximum Gasteiger partial charge on any atom is 0.348 e. The number of aryl methyl sites for hydroxylation is 1. The lowest BCUT2D eigenvalue weighted by Gasteiger charge is -2.16. The summed E-state index contributed by atoms with van der Waals surface area (Å²) in [5, 5.41) is 1.14. The van der Waals surface area contributed by atoms with Crippen LogP contribution in [0.5, 0.6) is 0 Å². The molecule has 0 radical (unpaired) electrons. The first-order valence-electron chi connectivity index (χ1n) is 10.2. The lowest BCUT2D eigenvalue weighted by atomic mass is 10.2. The highest BCUT2D eigenvalue weighted by molar-refractivity contribution is 9.10. The Kier molecular flexibility index (Phi) is 7.15. The second-order valence-electron chi connectivity index (χ2n) is 7.32. The Balaban J connectivity index is 1.76. The van der Waals surface area contributed by atoms with Gasteiger partial charge in [0, 0.05) is 16.8 Å². The highest BCUT2D eigenvalue weighted by atomic mass is 79.9. The number of carbonyl (C=O) groups is 1. The molecule has 0 amide bonds. The standard InChI is InChI=1S/C22H23BrN2O4S2/c1-3-28-21(27)18-13(2)17-19(31-18)24-22(30-12-14-6-4-7-15(23)10-14)25(20(17)26)11-16-8-5-9-29-16/h4,6-7,10,16H,3,5,8-9,11-12H2,1-2H3. The number of fused-ring (bicyclic) bond motifs is 1. The van der Waals surface area contributed by atoms with Crippen LogP contribution in [0, 0.1) is 6.92 Å². The van der Waals surface area contributed by atoms with Crippen molar-refractivity contribution < 1.29 is 14.3 Å². The van der Waals surface area contributed by atoms with Crippen LogP contribution in [-0.2, 0) is 21.8 Å². The third kappa shape index (κ3) is 4.89. The molecule has 0 spiro atoms. The molecule has 3 heterocycles. The summed E-state index contributed by atoms with van der Waals surface area (Å²) in [6, 6.07) is 8.08. The molecule has 3 aromatic rings. The van der Waals surface area contributed by atoms with E-state index in [1.165, 1.54) is 23.1 Å². The fourth-order valence-corrected chi connectivity index (χ4v) is 6.14. The number of ether oxygens (including phenoxy) is 2. The van der Waals surface area contributed by atoms with Crippen molar-refractivity contribution in [1.29, 1.82) is 0 Å². The Morgan fingerprint density at radius 2 is 2.29 bits per heavy atom. The number of thioether (sulfide) groups is 1. The normalized spacial score (nSPS) is 16.2. The first-order valence-corrected chi connectivity index (χ1v) is 12.8. The number of hydrogen-bond donors (Lipinski definition) is 0. The van der Waals surface area contributed by atoms with Gasteiger partial charge in [-0.2, -0.15) is 0 Å². The molecule has 1 fully saturated rings. The molecule has 1 unspecified atom stereocenters. The third-order valence-electron chi connectivity index (χ3n) is 5.14. The number of nitrogens with zero attached hydrogens (tertiary/aromatic N) is 2. The van der Waals surface area contributed by atoms with Gasteiger partial charge in [0.2, 0.25) is 0 Å². The van der Waals surface area contributed by atoms with Crippen LogP contribution in [0.25, 0.3) is 10.2 Å². The second kappa shape index (κ2) is 9.85. The van der Waals surface area contributed by atoms with Gasteiger partial charge in [0.25, 0.3) is 5.56 Å². The second-order valence-corrected chi connectivity index (χ2v) is 10.2. The SMILES string of the molecule is CCOC(=O)c1sc2nc(SCc3cccc(Br)c3)n(CC3CCCO3)c(=O)c2c1C. The molecule has 0 bridgehead atoms. The summed E-state index contributed by atoms with van der Waals surface area (Å²) in [6.07, 6.45) is 1.93. The van der Waals surface area contributed by atoms with Crippen molar-refractivity contribution >= 4 is 55.2 Å². The number of aromatic nitrogens is 2. The fraction of sp³-hybridized carbons (Fsp3) is 0.409. The molecule has 1 saturated heterocycles. The summed E-state index contributed by atoms with van der Waals surface area (Å²) in [7, 11) is 0. The predicted octanol–water partition coefficient (Wildman–Crippen LogP) is 5.18. The Morgan fingerprint density at radius 3 is 3.00 bits per heavy atom. The van der Waals surface area contributed by atoms with Crippen molar-refractivity contribution in [3.8, 4) is 0 Å². The summed E-state index contributed by atoms with van der Waals surface area (Å²) in [5.74, 6) is 0.272. The molecule has 4 rings (SSSR count). The number of halogens is 1. The fourth-order valence-electron chi connectivity index (χ4n) is 3.63. The van der Waals surface area contributed by atoms with Crippen molar-refractivity contribution in [2.24, 2.45) is 0 Å². The van der Waals surface area contributed by atoms with Crippen LogP contribution in [0.2, 0.25) is 0 Å². The summed E-state index contributed by atoms with van der Waals surface area (Å²) < 4.78 is 13.7. The van der Waals surface area contributed by atoms with E-state index in [0.717, 1.165) is 29.5 Å². The Morgan fingerprint density at radius 1 is 1.45 bits per heavy atom. The number of thiophene rings is 1. The van der Waals surface area contributed by atoms with Gasteiger partial charge in [0.15, 0.2) is 5.16 Å². The summed E-state index contributed by atoms with van der Waals surface area (Å²) >= 11 is 6.25. The topological polar surface area (TPSA) is 70.4 Å². The highest BCUT2D eigenvalue weighted by Gasteiger charge is 2.25. The van der Waals surface area contributed by atoms with E-state index in [0.29, 0.717) is 38.1 Å². The van der Waals surface area contributed by atoms with Crippen LogP contribution in [0.4, 0.5) is 0 Å². The van der Waals surface area contributed by atoms with Crippen LogP contribution in [0.15, 0.2) is 38.7 Å². The van der Waals surface area contributed by atoms with Crippen LogP contribution in [-0.4, -0.2) is 34.8 Å². The zero-order chi connectivity index (χ0) is 22.0. The summed E-state index contributed by atoms with van der Waals surface area (Å²) in [5.41, 5.74) is 1.65. The maximum absolute atomic E-state index is 13.5. The largest absolute Gasteiger partial charge is 0.462 e. The number of hydrogen-bond acceptors (Lipinski definition) is 7. The first kappa shape index (κ1) is 22.5. The van der Waals surface area contributed by atoms with Gasteiger partial charge in [-0.3, -0.25) is 9.36 Å². The van der Waals surface area contributed by atoms with Crippen LogP contribution in [0.1, 0.15) is 40.6 Å². The van der Waals surface area contributed by atoms with E-state index >= 15 is 0 Å². The number of carbonyl (C=O) groups excluding carboxylic acids is 1. The van der Waals surface area contributed by atoms with Gasteiger partial charge >= 0.3 is 5.97 Å². The zero-order valence-corrected chi connectivity index (χ0v) is 20.6. The zero-order valence-electron chi connectivity index (χ0n) is 17.4. The van der Waals surface area contributed by atoms with E-state index in [4.69, 9.17) is 14.5 Å². The van der Waals surface area contributed by atoms with Gasteiger partial charge < -0.3 is 9.47 Å². The third-order valence-corrected chi connectivity index (χ3v) is 7.85. The van der Waals surface area contributed by atoms with Crippen molar-refractivity contribution in [2.75, 3.05) is 13.2 Å². The van der Waals surface area contributed by atoms with E-state index in [-0.39, 0.29) is 18.3 Å². The van der Waals surface area contributed by atoms with Crippen LogP contribution >= 0.6 is 39.0 Å². The number of rotatable bonds is 7. The average molecular weight is 523 g/mol. The van der Waals surface area contributed by atoms with E-state index < -0.39 is 5.97 Å². The Hall–Kier alpha value is -1.68. The van der Waals surface area contributed by atoms with Gasteiger partial charge in [-0.1, -0.05) is 39.8 Å². The van der Waals surface area contributed by atoms with Gasteiger partial charge in [0.1, 0.15) is 9.71 Å². The maximum atomic E-state index is 13.5. The quantitative estimate of drug-likeness (QED) is 0.242. The van der Waals surface area contributed by atoms with E-state index in [1.807, 2.05) is 18.2 Å². The molecular weight excluding hydrogens is 500 g/mol. The average Bonchev–Trinajstić information content (AvgIpc) is 3.37. The number of benzene rings is 1. The molecule has 1 aliphatic heterocycles. The van der Waals surface area contributed by atoms with E-state index in [9.17, 15) is 9.59 Å². The summed E-state index contributed by atoms with van der Waals surface area (Å²) in [6.45, 7) is 5.03. The van der Waals surface area contributed by atoms with Gasteiger partial charge in [-0.05, 0) is 49.9 Å². The molecule has 0 saturated carbocycles. The Labute approximate surface area is 197 Å². The molecule has 6 nitrogen and oxygen atoms in total. The van der Waals surface area contributed by atoms with Crippen molar-refractivity contribution in [3.63, 3.8) is 0 Å². The van der Waals surface area contributed by atoms with E-state index in [2.05, 4.69) is 22.0 Å². The molecule has 1 atom stereocenters. The Bertz CT molecular complexity index is 1170. The lowest BCUT2D eigenvalue weighted by Crippen LogP contribution is -2.28. The molecule has 1 aliphatic rings. The van der Waals surface area contributed by atoms with Crippen molar-refractivity contribution in [2.45, 2.75) is 50.2 Å². The van der Waals surface area contributed by atoms with Crippen molar-refractivity contribution in [3.05, 3.63) is 55.1 Å². The van der Waals surface area contributed by atoms with Crippen LogP contribution < -0.4 is 5.56 Å². The minimum atomic E-state index is -0.406. The molecule has 9 heteroatoms. The minimum absolute atomic E-state index is 0.00522. The molecule has 31 heavy (non-hydrogen) atoms. The minimum Gasteiger partial charge on any atom is -0.462 e. The van der Waals surface area contributed by atoms with Gasteiger partial charge in [-0.25, -0.2) is 9.78 Å². The van der Waals surface area contributed by atoms with E-state index in [1.54, 1.807) is 18.4 Å². The first-order chi connectivity index (χ1) is 15.0. The molecule has 2 aromatic heterocycles. The lowest BCUT2D eigenvalue weighted by molar-refractivity contribution is 0.0531. The molecule has 1 aromatic carbocycles. The van der Waals surface area contributed by atoms with Gasteiger partial charge in [0.05, 0.1) is 24.6 Å². The monoisotopic (exact) mass is 522 g/mol. The smallest absolute Gasteiger partial charge is 0.348 e. The highest BCUT2D eigenvalue weighted by Crippen LogP contribution is 2.31. The van der Waals surface area contributed by atoms with Crippen molar-refractivity contribution in [1.82, 2.24) is 9.55 Å².